The van der Waals surface area contributed by atoms with Crippen LogP contribution < -0.4 is 16.2 Å². The molecule has 0 spiro atoms. The molecule has 194 valence electrons. The number of halogens is 1. The molecule has 4 heterocycles. The lowest BCUT2D eigenvalue weighted by molar-refractivity contribution is -0.000267. The molecule has 0 bridgehead atoms. The van der Waals surface area contributed by atoms with Crippen LogP contribution in [0.15, 0.2) is 60.7 Å². The maximum absolute atomic E-state index is 15.0. The summed E-state index contributed by atoms with van der Waals surface area (Å²) in [5, 5.41) is 0. The van der Waals surface area contributed by atoms with Crippen LogP contribution in [0.25, 0.3) is 33.4 Å². The Bertz CT molecular complexity index is 1520. The summed E-state index contributed by atoms with van der Waals surface area (Å²) in [6, 6.07) is 17.3. The molecule has 0 aliphatic carbocycles. The van der Waals surface area contributed by atoms with Gasteiger partial charge in [-0.15, -0.1) is 0 Å². The number of nitrogens with zero attached hydrogens (tertiary/aromatic N) is 1. The minimum Gasteiger partial charge on any atom is -0.470 e. The number of hydrogen-bond acceptors (Lipinski definition) is 7. The zero-order valence-corrected chi connectivity index (χ0v) is 19.9. The number of pyridine rings is 1. The molecule has 0 radical (unpaired) electrons. The summed E-state index contributed by atoms with van der Waals surface area (Å²) < 4.78 is 37.5. The first-order valence-corrected chi connectivity index (χ1v) is 11.9. The van der Waals surface area contributed by atoms with E-state index in [0.717, 1.165) is 11.1 Å². The maximum Gasteiger partial charge on any atom is 0.404 e. The van der Waals surface area contributed by atoms with Gasteiger partial charge in [0, 0.05) is 23.3 Å². The number of amides is 2. The summed E-state index contributed by atoms with van der Waals surface area (Å²) in [6.45, 7) is 0.395. The van der Waals surface area contributed by atoms with Crippen molar-refractivity contribution in [3.63, 3.8) is 0 Å². The lowest BCUT2D eigenvalue weighted by Gasteiger charge is -2.16. The SMILES string of the molecule is NC(=O)O[C@@H]1COC2C1OC[C@H]2Oc1cc2nc(-c3ccc(-c4ccc(C(N)=O)cc4)cc3)c(F)cc2[nH]1. The van der Waals surface area contributed by atoms with E-state index >= 15 is 4.39 Å². The van der Waals surface area contributed by atoms with Gasteiger partial charge in [0.15, 0.2) is 23.9 Å². The third-order valence-electron chi connectivity index (χ3n) is 6.70. The fourth-order valence-corrected chi connectivity index (χ4v) is 4.86. The molecule has 2 unspecified atom stereocenters. The Kier molecular flexibility index (Phi) is 5.93. The van der Waals surface area contributed by atoms with Gasteiger partial charge in [-0.1, -0.05) is 36.4 Å². The normalized spacial score (nSPS) is 22.3. The van der Waals surface area contributed by atoms with Gasteiger partial charge in [0.2, 0.25) is 5.91 Å². The first-order chi connectivity index (χ1) is 18.4. The number of primary amides is 2. The summed E-state index contributed by atoms with van der Waals surface area (Å²) in [4.78, 5) is 29.9. The topological polar surface area (TPSA) is 152 Å². The Hall–Kier alpha value is -4.48. The van der Waals surface area contributed by atoms with Crippen molar-refractivity contribution in [1.29, 1.82) is 0 Å². The zero-order chi connectivity index (χ0) is 26.4. The van der Waals surface area contributed by atoms with Crippen molar-refractivity contribution in [2.45, 2.75) is 24.4 Å². The van der Waals surface area contributed by atoms with Crippen LogP contribution >= 0.6 is 0 Å². The van der Waals surface area contributed by atoms with Crippen molar-refractivity contribution in [2.24, 2.45) is 11.5 Å². The molecule has 4 aromatic rings. The molecule has 2 fully saturated rings. The number of nitrogens with one attached hydrogen (secondary N) is 1. The Morgan fingerprint density at radius 1 is 0.895 bits per heavy atom. The number of carbonyl (C=O) groups is 2. The van der Waals surface area contributed by atoms with Crippen molar-refractivity contribution in [3.8, 4) is 28.3 Å². The highest BCUT2D eigenvalue weighted by Crippen LogP contribution is 2.33. The third-order valence-corrected chi connectivity index (χ3v) is 6.70. The number of ether oxygens (including phenoxy) is 4. The Labute approximate surface area is 215 Å². The van der Waals surface area contributed by atoms with Gasteiger partial charge in [-0.3, -0.25) is 4.79 Å². The second-order valence-corrected chi connectivity index (χ2v) is 9.13. The average molecular weight is 519 g/mol. The molecule has 2 aromatic carbocycles. The third kappa shape index (κ3) is 4.42. The first-order valence-electron chi connectivity index (χ1n) is 11.9. The predicted molar refractivity (Wildman–Crippen MR) is 134 cm³/mol. The van der Waals surface area contributed by atoms with E-state index in [1.807, 2.05) is 12.1 Å². The van der Waals surface area contributed by atoms with Crippen molar-refractivity contribution in [3.05, 3.63) is 72.0 Å². The minimum absolute atomic E-state index is 0.165. The number of aromatic nitrogens is 2. The molecule has 2 aliphatic rings. The van der Waals surface area contributed by atoms with Crippen LogP contribution in [0, 0.1) is 5.82 Å². The van der Waals surface area contributed by atoms with E-state index in [-0.39, 0.29) is 18.9 Å². The fourth-order valence-electron chi connectivity index (χ4n) is 4.86. The van der Waals surface area contributed by atoms with E-state index < -0.39 is 42.2 Å². The van der Waals surface area contributed by atoms with E-state index in [0.29, 0.717) is 28.0 Å². The zero-order valence-electron chi connectivity index (χ0n) is 19.9. The molecule has 2 saturated heterocycles. The summed E-state index contributed by atoms with van der Waals surface area (Å²) in [5.74, 6) is -0.589. The van der Waals surface area contributed by atoms with Crippen LogP contribution in [0.3, 0.4) is 0 Å². The standard InChI is InChI=1S/C27H23FN4O6/c28-17-9-18-19(10-22(31-18)37-20-11-35-25-21(38-27(30)34)12-36-24(20)25)32-23(17)15-5-1-13(2-6-15)14-3-7-16(8-4-14)26(29)33/h1-10,20-21,24-25,31H,11-12H2,(H2,29,33)(H2,30,34)/t20-,21-,24?,25?/m1/s1. The van der Waals surface area contributed by atoms with Crippen molar-refractivity contribution < 1.29 is 32.9 Å². The molecule has 2 aromatic heterocycles. The second kappa shape index (κ2) is 9.43. The predicted octanol–water partition coefficient (Wildman–Crippen LogP) is 3.14. The highest BCUT2D eigenvalue weighted by atomic mass is 19.1. The van der Waals surface area contributed by atoms with E-state index in [2.05, 4.69) is 9.97 Å². The van der Waals surface area contributed by atoms with Crippen LogP contribution in [0.2, 0.25) is 0 Å². The molecule has 2 aliphatic heterocycles. The number of nitrogens with two attached hydrogens (primary N) is 2. The highest BCUT2D eigenvalue weighted by Gasteiger charge is 2.50. The Morgan fingerprint density at radius 2 is 1.50 bits per heavy atom. The molecule has 5 N–H and O–H groups in total. The van der Waals surface area contributed by atoms with Crippen molar-refractivity contribution in [2.75, 3.05) is 13.2 Å². The quantitative estimate of drug-likeness (QED) is 0.355. The number of carbonyl (C=O) groups excluding carboxylic acids is 2. The van der Waals surface area contributed by atoms with Crippen LogP contribution in [-0.4, -0.2) is 59.6 Å². The molecular formula is C27H23FN4O6. The number of rotatable bonds is 6. The largest absolute Gasteiger partial charge is 0.470 e. The van der Waals surface area contributed by atoms with Gasteiger partial charge in [0.25, 0.3) is 0 Å². The molecular weight excluding hydrogens is 495 g/mol. The van der Waals surface area contributed by atoms with Gasteiger partial charge in [-0.05, 0) is 23.3 Å². The summed E-state index contributed by atoms with van der Waals surface area (Å²) in [6.07, 6.45) is -2.84. The minimum atomic E-state index is -0.889. The molecule has 10 nitrogen and oxygen atoms in total. The van der Waals surface area contributed by atoms with Crippen LogP contribution in [-0.2, 0) is 14.2 Å². The van der Waals surface area contributed by atoms with E-state index in [9.17, 15) is 9.59 Å². The Balaban J connectivity index is 1.19. The monoisotopic (exact) mass is 518 g/mol. The van der Waals surface area contributed by atoms with Crippen molar-refractivity contribution in [1.82, 2.24) is 9.97 Å². The van der Waals surface area contributed by atoms with E-state index in [1.165, 1.54) is 6.07 Å². The number of benzene rings is 2. The molecule has 2 amide bonds. The average Bonchev–Trinajstić information content (AvgIpc) is 3.60. The summed E-state index contributed by atoms with van der Waals surface area (Å²) in [7, 11) is 0. The van der Waals surface area contributed by atoms with Gasteiger partial charge in [0.1, 0.15) is 17.9 Å². The number of H-pyrrole nitrogens is 1. The lowest BCUT2D eigenvalue weighted by atomic mass is 10.0. The van der Waals surface area contributed by atoms with Crippen molar-refractivity contribution >= 4 is 23.0 Å². The highest BCUT2D eigenvalue weighted by molar-refractivity contribution is 5.93. The lowest BCUT2D eigenvalue weighted by Crippen LogP contribution is -2.37. The van der Waals surface area contributed by atoms with Gasteiger partial charge < -0.3 is 35.4 Å². The summed E-state index contributed by atoms with van der Waals surface area (Å²) >= 11 is 0. The van der Waals surface area contributed by atoms with Crippen LogP contribution in [0.5, 0.6) is 5.88 Å². The molecule has 38 heavy (non-hydrogen) atoms. The smallest absolute Gasteiger partial charge is 0.404 e. The van der Waals surface area contributed by atoms with E-state index in [1.54, 1.807) is 42.5 Å². The summed E-state index contributed by atoms with van der Waals surface area (Å²) in [5.41, 5.74) is 14.5. The van der Waals surface area contributed by atoms with Gasteiger partial charge in [-0.2, -0.15) is 0 Å². The number of hydrogen-bond donors (Lipinski definition) is 3. The molecule has 4 atom stereocenters. The van der Waals surface area contributed by atoms with Gasteiger partial charge in [-0.25, -0.2) is 14.2 Å². The fraction of sp³-hybridized carbons (Fsp3) is 0.222. The van der Waals surface area contributed by atoms with E-state index in [4.69, 9.17) is 30.4 Å². The molecule has 6 rings (SSSR count). The van der Waals surface area contributed by atoms with Crippen LogP contribution in [0.1, 0.15) is 10.4 Å². The number of aromatic amines is 1. The molecule has 11 heteroatoms. The van der Waals surface area contributed by atoms with Gasteiger partial charge in [0.05, 0.1) is 24.2 Å². The second-order valence-electron chi connectivity index (χ2n) is 9.13. The van der Waals surface area contributed by atoms with Gasteiger partial charge >= 0.3 is 6.09 Å². The first kappa shape index (κ1) is 23.9. The maximum atomic E-state index is 15.0. The molecule has 0 saturated carbocycles. The number of fused-ring (bicyclic) bond motifs is 2. The Morgan fingerprint density at radius 3 is 2.16 bits per heavy atom. The van der Waals surface area contributed by atoms with Crippen LogP contribution in [0.4, 0.5) is 9.18 Å².